The molecule has 1 aliphatic heterocycles. The molecule has 2 rings (SSSR count). The van der Waals surface area contributed by atoms with Crippen LogP contribution >= 0.6 is 0 Å². The van der Waals surface area contributed by atoms with E-state index in [1.165, 1.54) is 0 Å². The van der Waals surface area contributed by atoms with Crippen LogP contribution in [0.4, 0.5) is 5.69 Å². The van der Waals surface area contributed by atoms with Crippen molar-refractivity contribution >= 4 is 12.1 Å². The summed E-state index contributed by atoms with van der Waals surface area (Å²) in [6.07, 6.45) is 2.36. The van der Waals surface area contributed by atoms with Crippen LogP contribution in [0.3, 0.4) is 0 Å². The Labute approximate surface area is 155 Å². The van der Waals surface area contributed by atoms with Crippen LogP contribution in [0.5, 0.6) is 0 Å². The number of nitrogens with one attached hydrogen (secondary N) is 1. The summed E-state index contributed by atoms with van der Waals surface area (Å²) in [7, 11) is 1.89. The summed E-state index contributed by atoms with van der Waals surface area (Å²) < 4.78 is 5.67. The number of carbonyl (C=O) groups excluding carboxylic acids is 1. The number of benzene rings is 1. The largest absolute Gasteiger partial charge is 0.387 e. The van der Waals surface area contributed by atoms with Crippen LogP contribution in [-0.2, 0) is 36.5 Å². The number of amides is 1. The maximum atomic E-state index is 11.4. The molecular weight excluding hydrogens is 383 g/mol. The van der Waals surface area contributed by atoms with E-state index in [2.05, 4.69) is 12.2 Å². The minimum atomic E-state index is -0.192. The molecule has 2 atom stereocenters. The topological polar surface area (TPSA) is 41.6 Å². The third kappa shape index (κ3) is 7.59. The van der Waals surface area contributed by atoms with Gasteiger partial charge in [0, 0.05) is 27.0 Å². The van der Waals surface area contributed by atoms with E-state index in [0.29, 0.717) is 0 Å². The van der Waals surface area contributed by atoms with Gasteiger partial charge in [-0.2, -0.15) is 0 Å². The molecule has 1 heterocycles. The molecule has 0 radical (unpaired) electrons. The molecule has 1 saturated heterocycles. The van der Waals surface area contributed by atoms with Gasteiger partial charge in [-0.25, -0.2) is 0 Å². The molecule has 5 heteroatoms. The number of hydrogen-bond donors (Lipinski definition) is 1. The molecule has 1 N–H and O–H groups in total. The van der Waals surface area contributed by atoms with Crippen LogP contribution in [0, 0.1) is 6.92 Å². The molecule has 136 valence electrons. The molecule has 0 bridgehead atoms. The van der Waals surface area contributed by atoms with E-state index in [-0.39, 0.29) is 32.8 Å². The van der Waals surface area contributed by atoms with E-state index in [0.717, 1.165) is 37.0 Å². The number of rotatable bonds is 5. The quantitative estimate of drug-likeness (QED) is 0.454. The van der Waals surface area contributed by atoms with Crippen molar-refractivity contribution < 1.29 is 30.0 Å². The first kappa shape index (κ1) is 24.5. The Kier molecular flexibility index (Phi) is 15.8. The van der Waals surface area contributed by atoms with Crippen molar-refractivity contribution in [3.8, 4) is 0 Å². The molecule has 1 amide bonds. The summed E-state index contributed by atoms with van der Waals surface area (Å²) in [6, 6.07) is 7.86. The Morgan fingerprint density at radius 3 is 2.35 bits per heavy atom. The molecule has 4 nitrogen and oxygen atoms in total. The van der Waals surface area contributed by atoms with Gasteiger partial charge in [0.1, 0.15) is 6.23 Å². The summed E-state index contributed by atoms with van der Waals surface area (Å²) in [6.45, 7) is 12.6. The van der Waals surface area contributed by atoms with Crippen molar-refractivity contribution in [3.05, 3.63) is 36.8 Å². The normalized spacial score (nSPS) is 18.5. The second-order valence-electron chi connectivity index (χ2n) is 4.46. The van der Waals surface area contributed by atoms with E-state index >= 15 is 0 Å². The first-order valence-corrected chi connectivity index (χ1v) is 8.21. The maximum Gasteiger partial charge on any atom is 0.216 e. The Morgan fingerprint density at radius 2 is 1.87 bits per heavy atom. The molecule has 1 fully saturated rings. The van der Waals surface area contributed by atoms with Gasteiger partial charge in [0.05, 0.1) is 5.69 Å². The van der Waals surface area contributed by atoms with Gasteiger partial charge in [-0.1, -0.05) is 58.4 Å². The van der Waals surface area contributed by atoms with Crippen molar-refractivity contribution in [2.75, 3.05) is 11.9 Å². The smallest absolute Gasteiger partial charge is 0.216 e. The zero-order valence-electron chi connectivity index (χ0n) is 14.9. The molecule has 0 aromatic heterocycles. The predicted molar refractivity (Wildman–Crippen MR) is 93.7 cm³/mol. The molecule has 1 aliphatic rings. The fourth-order valence-corrected chi connectivity index (χ4v) is 2.27. The molecule has 0 saturated carbocycles. The summed E-state index contributed by atoms with van der Waals surface area (Å²) in [5.74, 6) is 0. The third-order valence-electron chi connectivity index (χ3n) is 3.15. The zero-order valence-corrected chi connectivity index (χ0v) is 16.5. The van der Waals surface area contributed by atoms with Crippen molar-refractivity contribution in [3.63, 3.8) is 0 Å². The van der Waals surface area contributed by atoms with Crippen molar-refractivity contribution in [2.45, 2.75) is 59.4 Å². The summed E-state index contributed by atoms with van der Waals surface area (Å²) in [5.41, 5.74) is 1.99. The summed E-state index contributed by atoms with van der Waals surface area (Å²) in [5, 5.41) is 3.11. The van der Waals surface area contributed by atoms with Crippen LogP contribution in [0.2, 0.25) is 0 Å². The van der Waals surface area contributed by atoms with Crippen LogP contribution in [0.1, 0.15) is 46.1 Å². The number of para-hydroxylation sites is 1. The average molecular weight is 414 g/mol. The molecule has 0 aliphatic carbocycles. The Morgan fingerprint density at radius 1 is 1.26 bits per heavy atom. The van der Waals surface area contributed by atoms with Gasteiger partial charge in [0.15, 0.2) is 0 Å². The van der Waals surface area contributed by atoms with E-state index in [1.807, 2.05) is 59.0 Å². The number of ether oxygens (including phenoxy) is 1. The molecule has 0 spiro atoms. The van der Waals surface area contributed by atoms with Crippen LogP contribution in [-0.4, -0.2) is 25.8 Å². The van der Waals surface area contributed by atoms with Crippen molar-refractivity contribution in [1.82, 2.24) is 5.32 Å². The van der Waals surface area contributed by atoms with Gasteiger partial charge in [-0.3, -0.25) is 9.69 Å². The second kappa shape index (κ2) is 14.8. The first-order chi connectivity index (χ1) is 10.8. The Balaban J connectivity index is 0. The average Bonchev–Trinajstić information content (AvgIpc) is 3.00. The molecule has 1 aromatic rings. The fraction of sp³-hybridized carbons (Fsp3) is 0.556. The van der Waals surface area contributed by atoms with E-state index in [4.69, 9.17) is 4.74 Å². The third-order valence-corrected chi connectivity index (χ3v) is 3.15. The Bertz CT molecular complexity index is 416. The summed E-state index contributed by atoms with van der Waals surface area (Å²) >= 11 is 0. The molecular formula is C18H31N2O2Pd-. The van der Waals surface area contributed by atoms with Crippen molar-refractivity contribution in [1.29, 1.82) is 0 Å². The van der Waals surface area contributed by atoms with E-state index in [9.17, 15) is 4.79 Å². The van der Waals surface area contributed by atoms with E-state index < -0.39 is 0 Å². The van der Waals surface area contributed by atoms with Gasteiger partial charge in [0.25, 0.3) is 0 Å². The van der Waals surface area contributed by atoms with Crippen LogP contribution in [0.25, 0.3) is 0 Å². The van der Waals surface area contributed by atoms with Gasteiger partial charge < -0.3 is 17.0 Å². The molecule has 23 heavy (non-hydrogen) atoms. The standard InChI is InChI=1S/C14H19N2O2.2C2H6.Pd/c1-11-7-8-14(18-11)16(10-17)13-6-4-3-5-12(13)9-15-2;2*1-2;/h3-6,10-11,14-15H,1,7-9H2,2H3;2*1-2H3;/q-1;;;. The maximum absolute atomic E-state index is 11.4. The van der Waals surface area contributed by atoms with Gasteiger partial charge >= 0.3 is 0 Å². The van der Waals surface area contributed by atoms with E-state index in [1.54, 1.807) is 4.90 Å². The van der Waals surface area contributed by atoms with Crippen LogP contribution < -0.4 is 10.2 Å². The van der Waals surface area contributed by atoms with Crippen molar-refractivity contribution in [2.24, 2.45) is 0 Å². The Hall–Kier alpha value is -0.728. The van der Waals surface area contributed by atoms with Gasteiger partial charge in [0.2, 0.25) is 6.41 Å². The van der Waals surface area contributed by atoms with Crippen LogP contribution in [0.15, 0.2) is 24.3 Å². The first-order valence-electron chi connectivity index (χ1n) is 8.21. The minimum absolute atomic E-state index is 0. The predicted octanol–water partition coefficient (Wildman–Crippen LogP) is 3.76. The summed E-state index contributed by atoms with van der Waals surface area (Å²) in [4.78, 5) is 13.0. The zero-order chi connectivity index (χ0) is 17.0. The second-order valence-corrected chi connectivity index (χ2v) is 4.46. The van der Waals surface area contributed by atoms with Gasteiger partial charge in [-0.15, -0.1) is 0 Å². The van der Waals surface area contributed by atoms with Gasteiger partial charge in [-0.05, 0) is 25.1 Å². The SMILES string of the molecule is CC.CC.[CH2-]C1CCC(N(C=O)c2ccccc2CNC)O1.[Pd]. The number of anilines is 1. The minimum Gasteiger partial charge on any atom is -0.387 e. The monoisotopic (exact) mass is 413 g/mol. The molecule has 2 unspecified atom stereocenters. The fourth-order valence-electron chi connectivity index (χ4n) is 2.27. The number of carbonyl (C=O) groups is 1. The molecule has 1 aromatic carbocycles. The number of nitrogens with zero attached hydrogens (tertiary/aromatic N) is 1. The number of hydrogen-bond acceptors (Lipinski definition) is 3.